The molecule has 2 fully saturated rings. The van der Waals surface area contributed by atoms with Crippen molar-refractivity contribution in [3.05, 3.63) is 72.3 Å². The lowest BCUT2D eigenvalue weighted by atomic mass is 9.78. The lowest BCUT2D eigenvalue weighted by Gasteiger charge is -2.32. The van der Waals surface area contributed by atoms with E-state index in [4.69, 9.17) is 0 Å². The van der Waals surface area contributed by atoms with Crippen LogP contribution in [0.5, 0.6) is 0 Å². The maximum atomic E-state index is 13.4. The molecule has 4 rings (SSSR count). The normalized spacial score (nSPS) is 20.9. The molecule has 1 aliphatic carbocycles. The summed E-state index contributed by atoms with van der Waals surface area (Å²) in [6, 6.07) is 16.8. The molecule has 0 bridgehead atoms. The first-order valence-corrected chi connectivity index (χ1v) is 11.4. The number of nitrogens with zero attached hydrogens (tertiary/aromatic N) is 1. The maximum Gasteiger partial charge on any atom is 0.228 e. The highest BCUT2D eigenvalue weighted by molar-refractivity contribution is 5.87. The number of nitrogens with one attached hydrogen (secondary N) is 1. The predicted octanol–water partition coefficient (Wildman–Crippen LogP) is 4.53. The van der Waals surface area contributed by atoms with Crippen LogP contribution in [0.1, 0.15) is 36.8 Å². The monoisotopic (exact) mass is 416 g/mol. The number of aryl methyl sites for hydroxylation is 1. The van der Waals surface area contributed by atoms with Crippen LogP contribution in [0.3, 0.4) is 0 Å². The van der Waals surface area contributed by atoms with Crippen molar-refractivity contribution in [2.45, 2.75) is 39.0 Å². The van der Waals surface area contributed by atoms with Crippen LogP contribution in [0.25, 0.3) is 11.1 Å². The van der Waals surface area contributed by atoms with Crippen molar-refractivity contribution in [2.24, 2.45) is 11.3 Å². The van der Waals surface area contributed by atoms with Crippen molar-refractivity contribution < 1.29 is 9.59 Å². The van der Waals surface area contributed by atoms with E-state index in [1.54, 1.807) is 6.08 Å². The standard InChI is InChI=1S/C27H32N2O2/c1-3-15-28-26(31)27(14-16-29(19-27)25(30)21-10-7-11-21)18-23-9-4-5-13-24(23)22-12-6-8-20(2)17-22/h3-6,8-9,12-13,17,21H,1,7,10-11,14-16,18-19H2,2H3,(H,28,31)/t27-/m0/s1. The van der Waals surface area contributed by atoms with Gasteiger partial charge in [-0.3, -0.25) is 9.59 Å². The second kappa shape index (κ2) is 9.09. The predicted molar refractivity (Wildman–Crippen MR) is 124 cm³/mol. The highest BCUT2D eigenvalue weighted by atomic mass is 16.2. The van der Waals surface area contributed by atoms with Crippen molar-refractivity contribution in [1.29, 1.82) is 0 Å². The van der Waals surface area contributed by atoms with Gasteiger partial charge in [-0.15, -0.1) is 6.58 Å². The number of carbonyl (C=O) groups excluding carboxylic acids is 2. The Hall–Kier alpha value is -2.88. The second-order valence-corrected chi connectivity index (χ2v) is 9.12. The highest BCUT2D eigenvalue weighted by Gasteiger charge is 2.47. The average molecular weight is 417 g/mol. The summed E-state index contributed by atoms with van der Waals surface area (Å²) in [7, 11) is 0. The Morgan fingerprint density at radius 3 is 2.71 bits per heavy atom. The van der Waals surface area contributed by atoms with E-state index in [1.165, 1.54) is 5.56 Å². The SMILES string of the molecule is C=CCNC(=O)[C@]1(Cc2ccccc2-c2cccc(C)c2)CCN(C(=O)C2CCC2)C1. The fourth-order valence-corrected chi connectivity index (χ4v) is 4.87. The molecule has 1 atom stereocenters. The fourth-order valence-electron chi connectivity index (χ4n) is 4.87. The molecule has 4 nitrogen and oxygen atoms in total. The van der Waals surface area contributed by atoms with Gasteiger partial charge in [0.2, 0.25) is 11.8 Å². The molecular formula is C27H32N2O2. The smallest absolute Gasteiger partial charge is 0.228 e. The Labute approximate surface area is 185 Å². The molecule has 2 aromatic rings. The summed E-state index contributed by atoms with van der Waals surface area (Å²) in [5, 5.41) is 3.03. The first kappa shape index (κ1) is 21.4. The molecule has 1 saturated carbocycles. The molecule has 2 aliphatic rings. The Bertz CT molecular complexity index is 979. The zero-order valence-corrected chi connectivity index (χ0v) is 18.4. The van der Waals surface area contributed by atoms with Crippen molar-refractivity contribution >= 4 is 11.8 Å². The number of amides is 2. The molecule has 0 unspecified atom stereocenters. The van der Waals surface area contributed by atoms with Crippen LogP contribution < -0.4 is 5.32 Å². The van der Waals surface area contributed by atoms with Gasteiger partial charge in [-0.25, -0.2) is 0 Å². The van der Waals surface area contributed by atoms with E-state index in [-0.39, 0.29) is 17.7 Å². The van der Waals surface area contributed by atoms with E-state index in [1.807, 2.05) is 17.0 Å². The minimum absolute atomic E-state index is 0.0235. The van der Waals surface area contributed by atoms with Crippen molar-refractivity contribution in [2.75, 3.05) is 19.6 Å². The number of benzene rings is 2. The minimum atomic E-state index is -0.609. The average Bonchev–Trinajstić information content (AvgIpc) is 3.16. The molecule has 1 aliphatic heterocycles. The van der Waals surface area contributed by atoms with Crippen LogP contribution in [0.2, 0.25) is 0 Å². The summed E-state index contributed by atoms with van der Waals surface area (Å²) < 4.78 is 0. The molecular weight excluding hydrogens is 384 g/mol. The van der Waals surface area contributed by atoms with Gasteiger partial charge in [-0.2, -0.15) is 0 Å². The van der Waals surface area contributed by atoms with Crippen molar-refractivity contribution in [3.8, 4) is 11.1 Å². The molecule has 0 aromatic heterocycles. The zero-order valence-electron chi connectivity index (χ0n) is 18.4. The Balaban J connectivity index is 1.64. The van der Waals surface area contributed by atoms with Crippen LogP contribution in [-0.4, -0.2) is 36.3 Å². The third-order valence-electron chi connectivity index (χ3n) is 6.88. The van der Waals surface area contributed by atoms with Gasteiger partial charge in [0, 0.05) is 25.6 Å². The molecule has 1 saturated heterocycles. The number of rotatable bonds is 7. The molecule has 2 amide bonds. The molecule has 0 spiro atoms. The summed E-state index contributed by atoms with van der Waals surface area (Å²) in [5.41, 5.74) is 4.08. The molecule has 4 heteroatoms. The molecule has 2 aromatic carbocycles. The molecule has 31 heavy (non-hydrogen) atoms. The Kier molecular flexibility index (Phi) is 6.26. The third kappa shape index (κ3) is 4.43. The van der Waals surface area contributed by atoms with Gasteiger partial charge in [0.15, 0.2) is 0 Å². The summed E-state index contributed by atoms with van der Waals surface area (Å²) in [6.07, 6.45) is 6.13. The topological polar surface area (TPSA) is 49.4 Å². The summed E-state index contributed by atoms with van der Waals surface area (Å²) in [5.74, 6) is 0.415. The van der Waals surface area contributed by atoms with Gasteiger partial charge >= 0.3 is 0 Å². The van der Waals surface area contributed by atoms with Gasteiger partial charge in [0.25, 0.3) is 0 Å². The number of likely N-dealkylation sites (tertiary alicyclic amines) is 1. The van der Waals surface area contributed by atoms with Crippen LogP contribution in [0.4, 0.5) is 0 Å². The van der Waals surface area contributed by atoms with E-state index < -0.39 is 5.41 Å². The van der Waals surface area contributed by atoms with E-state index >= 15 is 0 Å². The molecule has 1 N–H and O–H groups in total. The first-order valence-electron chi connectivity index (χ1n) is 11.4. The second-order valence-electron chi connectivity index (χ2n) is 9.12. The number of hydrogen-bond donors (Lipinski definition) is 1. The lowest BCUT2D eigenvalue weighted by Crippen LogP contribution is -2.46. The van der Waals surface area contributed by atoms with E-state index in [0.29, 0.717) is 32.5 Å². The first-order chi connectivity index (χ1) is 15.0. The molecule has 162 valence electrons. The summed E-state index contributed by atoms with van der Waals surface area (Å²) in [6.45, 7) is 7.42. The number of carbonyl (C=O) groups is 2. The van der Waals surface area contributed by atoms with Gasteiger partial charge in [-0.05, 0) is 49.3 Å². The van der Waals surface area contributed by atoms with Crippen LogP contribution in [-0.2, 0) is 16.0 Å². The Morgan fingerprint density at radius 1 is 1.19 bits per heavy atom. The Morgan fingerprint density at radius 2 is 2.00 bits per heavy atom. The molecule has 0 radical (unpaired) electrons. The fraction of sp³-hybridized carbons (Fsp3) is 0.407. The van der Waals surface area contributed by atoms with Gasteiger partial charge in [0.05, 0.1) is 5.41 Å². The summed E-state index contributed by atoms with van der Waals surface area (Å²) >= 11 is 0. The van der Waals surface area contributed by atoms with Crippen molar-refractivity contribution in [3.63, 3.8) is 0 Å². The maximum absolute atomic E-state index is 13.4. The molecule has 1 heterocycles. The van der Waals surface area contributed by atoms with Gasteiger partial charge < -0.3 is 10.2 Å². The van der Waals surface area contributed by atoms with Crippen molar-refractivity contribution in [1.82, 2.24) is 10.2 Å². The number of hydrogen-bond acceptors (Lipinski definition) is 2. The summed E-state index contributed by atoms with van der Waals surface area (Å²) in [4.78, 5) is 28.2. The van der Waals surface area contributed by atoms with Crippen LogP contribution in [0.15, 0.2) is 61.2 Å². The highest BCUT2D eigenvalue weighted by Crippen LogP contribution is 2.39. The minimum Gasteiger partial charge on any atom is -0.352 e. The largest absolute Gasteiger partial charge is 0.352 e. The van der Waals surface area contributed by atoms with E-state index in [9.17, 15) is 9.59 Å². The van der Waals surface area contributed by atoms with Gasteiger partial charge in [-0.1, -0.05) is 66.6 Å². The van der Waals surface area contributed by atoms with Crippen LogP contribution in [0, 0.1) is 18.3 Å². The van der Waals surface area contributed by atoms with E-state index in [2.05, 4.69) is 55.2 Å². The quantitative estimate of drug-likeness (QED) is 0.675. The lowest BCUT2D eigenvalue weighted by molar-refractivity contribution is -0.138. The third-order valence-corrected chi connectivity index (χ3v) is 6.88. The van der Waals surface area contributed by atoms with Crippen LogP contribution >= 0.6 is 0 Å². The van der Waals surface area contributed by atoms with Gasteiger partial charge in [0.1, 0.15) is 0 Å². The van der Waals surface area contributed by atoms with E-state index in [0.717, 1.165) is 36.0 Å². The zero-order chi connectivity index (χ0) is 21.8.